The van der Waals surface area contributed by atoms with E-state index in [0.717, 1.165) is 55.8 Å². The predicted octanol–water partition coefficient (Wildman–Crippen LogP) is 12.2. The van der Waals surface area contributed by atoms with Gasteiger partial charge >= 0.3 is 0 Å². The molecule has 2 heterocycles. The van der Waals surface area contributed by atoms with Gasteiger partial charge in [-0.15, -0.1) is 0 Å². The molecule has 4 nitrogen and oxygen atoms in total. The van der Waals surface area contributed by atoms with Crippen molar-refractivity contribution in [2.75, 3.05) is 0 Å². The summed E-state index contributed by atoms with van der Waals surface area (Å²) >= 11 is 0. The van der Waals surface area contributed by atoms with E-state index in [4.69, 9.17) is 19.7 Å². The summed E-state index contributed by atoms with van der Waals surface area (Å²) in [5.74, 6) is 2.77. The first kappa shape index (κ1) is 31.3. The van der Waals surface area contributed by atoms with Crippen LogP contribution in [0.5, 0.6) is 5.75 Å². The van der Waals surface area contributed by atoms with Crippen LogP contribution in [0.4, 0.5) is 0 Å². The molecule has 8 aromatic rings. The Hall–Kier alpha value is -6.65. The summed E-state index contributed by atoms with van der Waals surface area (Å²) in [4.78, 5) is 15.2. The van der Waals surface area contributed by atoms with E-state index in [1.54, 1.807) is 0 Å². The summed E-state index contributed by atoms with van der Waals surface area (Å²) in [6.07, 6.45) is 0. The van der Waals surface area contributed by atoms with E-state index in [1.165, 1.54) is 16.7 Å². The third-order valence-electron chi connectivity index (χ3n) is 9.80. The Balaban J connectivity index is 1.13. The zero-order valence-electron chi connectivity index (χ0n) is 29.0. The van der Waals surface area contributed by atoms with E-state index >= 15 is 0 Å². The molecule has 52 heavy (non-hydrogen) atoms. The zero-order chi connectivity index (χ0) is 35.1. The molecule has 248 valence electrons. The second-order valence-corrected chi connectivity index (χ2v) is 13.6. The molecule has 1 aromatic heterocycles. The Bertz CT molecular complexity index is 2540. The van der Waals surface area contributed by atoms with E-state index < -0.39 is 5.60 Å². The fourth-order valence-electron chi connectivity index (χ4n) is 7.16. The molecule has 0 N–H and O–H groups in total. The molecule has 4 heteroatoms. The molecular formula is C48H35N3O. The third kappa shape index (κ3) is 5.84. The molecule has 1 aliphatic heterocycles. The lowest BCUT2D eigenvalue weighted by Crippen LogP contribution is -2.29. The lowest BCUT2D eigenvalue weighted by molar-refractivity contribution is 0.106. The Labute approximate surface area is 304 Å². The summed E-state index contributed by atoms with van der Waals surface area (Å²) in [5, 5.41) is 0. The Morgan fingerprint density at radius 3 is 1.46 bits per heavy atom. The molecule has 0 unspecified atom stereocenters. The van der Waals surface area contributed by atoms with Crippen molar-refractivity contribution in [3.05, 3.63) is 181 Å². The van der Waals surface area contributed by atoms with Gasteiger partial charge in [0.05, 0.1) is 0 Å². The maximum absolute atomic E-state index is 6.55. The number of ether oxygens (including phenoxy) is 1. The van der Waals surface area contributed by atoms with Crippen molar-refractivity contribution in [2.24, 2.45) is 0 Å². The Morgan fingerprint density at radius 1 is 0.365 bits per heavy atom. The van der Waals surface area contributed by atoms with Crippen LogP contribution in [-0.4, -0.2) is 15.0 Å². The van der Waals surface area contributed by atoms with Crippen molar-refractivity contribution in [1.29, 1.82) is 0 Å². The van der Waals surface area contributed by atoms with E-state index in [9.17, 15) is 0 Å². The van der Waals surface area contributed by atoms with Crippen LogP contribution in [0.2, 0.25) is 0 Å². The molecule has 0 saturated heterocycles. The molecule has 0 spiro atoms. The molecule has 0 amide bonds. The number of benzene rings is 7. The topological polar surface area (TPSA) is 47.9 Å². The Kier molecular flexibility index (Phi) is 7.78. The maximum atomic E-state index is 6.55. The summed E-state index contributed by atoms with van der Waals surface area (Å²) in [6.45, 7) is 4.26. The highest BCUT2D eigenvalue weighted by molar-refractivity contribution is 5.91. The van der Waals surface area contributed by atoms with Gasteiger partial charge in [0.2, 0.25) is 0 Å². The summed E-state index contributed by atoms with van der Waals surface area (Å²) in [7, 11) is 0. The number of rotatable bonds is 6. The number of aromatic nitrogens is 3. The van der Waals surface area contributed by atoms with Crippen molar-refractivity contribution in [2.45, 2.75) is 19.4 Å². The van der Waals surface area contributed by atoms with Crippen LogP contribution in [0.25, 0.3) is 78.7 Å². The maximum Gasteiger partial charge on any atom is 0.164 e. The fraction of sp³-hybridized carbons (Fsp3) is 0.0625. The molecule has 7 aromatic carbocycles. The van der Waals surface area contributed by atoms with Crippen molar-refractivity contribution in [1.82, 2.24) is 15.0 Å². The van der Waals surface area contributed by atoms with Crippen LogP contribution in [0.3, 0.4) is 0 Å². The largest absolute Gasteiger partial charge is 0.482 e. The summed E-state index contributed by atoms with van der Waals surface area (Å²) in [6, 6.07) is 61.0. The molecular weight excluding hydrogens is 635 g/mol. The van der Waals surface area contributed by atoms with Gasteiger partial charge in [-0.25, -0.2) is 15.0 Å². The second-order valence-electron chi connectivity index (χ2n) is 13.6. The van der Waals surface area contributed by atoms with Crippen LogP contribution >= 0.6 is 0 Å². The van der Waals surface area contributed by atoms with Gasteiger partial charge in [0.1, 0.15) is 11.4 Å². The minimum absolute atomic E-state index is 0.414. The summed E-state index contributed by atoms with van der Waals surface area (Å²) in [5.41, 5.74) is 12.7. The predicted molar refractivity (Wildman–Crippen MR) is 212 cm³/mol. The van der Waals surface area contributed by atoms with E-state index in [-0.39, 0.29) is 0 Å². The van der Waals surface area contributed by atoms with Crippen LogP contribution < -0.4 is 4.74 Å². The summed E-state index contributed by atoms with van der Waals surface area (Å²) < 4.78 is 6.55. The van der Waals surface area contributed by atoms with Crippen molar-refractivity contribution >= 4 is 0 Å². The smallest absolute Gasteiger partial charge is 0.164 e. The molecule has 0 fully saturated rings. The standard InChI is InChI=1S/C48H35N3O/c1-48(2)42-21-10-9-19-41(42)44-40(20-12-22-43(44)52-48)35-25-29-37(30-26-35)46-49-45(36-27-23-34(24-28-36)32-13-5-3-6-14-32)50-47(51-46)39-18-11-17-38(31-39)33-15-7-4-8-16-33/h3-31H,1-2H3. The van der Waals surface area contributed by atoms with Crippen molar-refractivity contribution in [3.8, 4) is 84.4 Å². The van der Waals surface area contributed by atoms with Crippen LogP contribution in [0.1, 0.15) is 19.4 Å². The molecule has 9 rings (SSSR count). The number of nitrogens with zero attached hydrogens (tertiary/aromatic N) is 3. The van der Waals surface area contributed by atoms with Crippen LogP contribution in [0.15, 0.2) is 176 Å². The second kappa shape index (κ2) is 12.9. The first-order valence-corrected chi connectivity index (χ1v) is 17.6. The average Bonchev–Trinajstić information content (AvgIpc) is 3.21. The highest BCUT2D eigenvalue weighted by atomic mass is 16.5. The van der Waals surface area contributed by atoms with Gasteiger partial charge in [-0.2, -0.15) is 0 Å². The lowest BCUT2D eigenvalue weighted by atomic mass is 9.83. The van der Waals surface area contributed by atoms with E-state index in [1.807, 2.05) is 12.1 Å². The first-order chi connectivity index (χ1) is 25.5. The van der Waals surface area contributed by atoms with Gasteiger partial charge in [0.15, 0.2) is 17.5 Å². The minimum Gasteiger partial charge on any atom is -0.482 e. The molecule has 0 saturated carbocycles. The highest BCUT2D eigenvalue weighted by Crippen LogP contribution is 2.49. The third-order valence-corrected chi connectivity index (χ3v) is 9.80. The number of hydrogen-bond acceptors (Lipinski definition) is 4. The highest BCUT2D eigenvalue weighted by Gasteiger charge is 2.33. The first-order valence-electron chi connectivity index (χ1n) is 17.6. The van der Waals surface area contributed by atoms with Crippen molar-refractivity contribution in [3.63, 3.8) is 0 Å². The van der Waals surface area contributed by atoms with Gasteiger partial charge in [0, 0.05) is 27.8 Å². The van der Waals surface area contributed by atoms with Gasteiger partial charge in [-0.05, 0) is 64.9 Å². The van der Waals surface area contributed by atoms with Crippen LogP contribution in [0, 0.1) is 0 Å². The van der Waals surface area contributed by atoms with Gasteiger partial charge in [0.25, 0.3) is 0 Å². The molecule has 0 aliphatic carbocycles. The average molecular weight is 670 g/mol. The minimum atomic E-state index is -0.414. The van der Waals surface area contributed by atoms with Gasteiger partial charge in [-0.1, -0.05) is 164 Å². The van der Waals surface area contributed by atoms with Crippen molar-refractivity contribution < 1.29 is 4.74 Å². The van der Waals surface area contributed by atoms with E-state index in [2.05, 4.69) is 178 Å². The molecule has 0 bridgehead atoms. The molecule has 0 atom stereocenters. The van der Waals surface area contributed by atoms with Gasteiger partial charge in [-0.3, -0.25) is 0 Å². The number of hydrogen-bond donors (Lipinski definition) is 0. The zero-order valence-corrected chi connectivity index (χ0v) is 29.0. The number of fused-ring (bicyclic) bond motifs is 3. The lowest BCUT2D eigenvalue weighted by Gasteiger charge is -2.35. The molecule has 1 aliphatic rings. The normalized spacial score (nSPS) is 12.7. The fourth-order valence-corrected chi connectivity index (χ4v) is 7.16. The van der Waals surface area contributed by atoms with E-state index in [0.29, 0.717) is 17.5 Å². The van der Waals surface area contributed by atoms with Gasteiger partial charge < -0.3 is 4.74 Å². The van der Waals surface area contributed by atoms with Crippen LogP contribution in [-0.2, 0) is 5.60 Å². The monoisotopic (exact) mass is 669 g/mol. The quantitative estimate of drug-likeness (QED) is 0.177. The SMILES string of the molecule is CC1(C)Oc2cccc(-c3ccc(-c4nc(-c5ccc(-c6ccccc6)cc5)nc(-c5cccc(-c6ccccc6)c5)n4)cc3)c2-c2ccccc21. The Morgan fingerprint density at radius 2 is 0.808 bits per heavy atom. The molecule has 0 radical (unpaired) electrons.